The zero-order valence-corrected chi connectivity index (χ0v) is 11.7. The molecular weight excluding hydrogens is 216 g/mol. The molecule has 1 aliphatic carbocycles. The highest BCUT2D eigenvalue weighted by molar-refractivity contribution is 4.88. The van der Waals surface area contributed by atoms with Gasteiger partial charge in [0.05, 0.1) is 13.2 Å². The van der Waals surface area contributed by atoms with Crippen LogP contribution in [0, 0.1) is 0 Å². The first-order chi connectivity index (χ1) is 8.22. The lowest BCUT2D eigenvalue weighted by atomic mass is 10.1. The predicted octanol–water partition coefficient (Wildman–Crippen LogP) is 1.11. The van der Waals surface area contributed by atoms with Gasteiger partial charge in [-0.05, 0) is 33.2 Å². The summed E-state index contributed by atoms with van der Waals surface area (Å²) < 4.78 is 10.5. The second kappa shape index (κ2) is 8.03. The number of ether oxygens (including phenoxy) is 2. The van der Waals surface area contributed by atoms with Crippen molar-refractivity contribution in [1.82, 2.24) is 10.2 Å². The minimum absolute atomic E-state index is 0.468. The molecule has 102 valence electrons. The van der Waals surface area contributed by atoms with Crippen LogP contribution in [0.15, 0.2) is 0 Å². The van der Waals surface area contributed by atoms with E-state index in [1.54, 1.807) is 14.2 Å². The summed E-state index contributed by atoms with van der Waals surface area (Å²) in [5, 5.41) is 3.39. The fourth-order valence-electron chi connectivity index (χ4n) is 2.82. The maximum absolute atomic E-state index is 5.28. The van der Waals surface area contributed by atoms with Crippen LogP contribution in [0.5, 0.6) is 0 Å². The Bertz CT molecular complexity index is 202. The van der Waals surface area contributed by atoms with Crippen molar-refractivity contribution in [2.45, 2.75) is 44.3 Å². The van der Waals surface area contributed by atoms with E-state index in [4.69, 9.17) is 9.47 Å². The molecule has 4 nitrogen and oxygen atoms in total. The molecule has 0 heterocycles. The third kappa shape index (κ3) is 4.54. The van der Waals surface area contributed by atoms with Gasteiger partial charge in [0, 0.05) is 38.9 Å². The second-order valence-electron chi connectivity index (χ2n) is 4.99. The highest BCUT2D eigenvalue weighted by atomic mass is 16.5. The molecule has 1 fully saturated rings. The number of hydrogen-bond donors (Lipinski definition) is 1. The zero-order chi connectivity index (χ0) is 12.7. The van der Waals surface area contributed by atoms with Crippen molar-refractivity contribution in [2.24, 2.45) is 0 Å². The number of hydrogen-bond acceptors (Lipinski definition) is 4. The maximum Gasteiger partial charge on any atom is 0.0615 e. The van der Waals surface area contributed by atoms with Gasteiger partial charge in [-0.25, -0.2) is 0 Å². The first kappa shape index (κ1) is 14.9. The number of nitrogens with one attached hydrogen (secondary N) is 1. The second-order valence-corrected chi connectivity index (χ2v) is 4.99. The Morgan fingerprint density at radius 3 is 2.59 bits per heavy atom. The molecule has 0 bridgehead atoms. The van der Waals surface area contributed by atoms with Crippen molar-refractivity contribution >= 4 is 0 Å². The fraction of sp³-hybridized carbons (Fsp3) is 1.00. The topological polar surface area (TPSA) is 33.7 Å². The molecule has 0 aromatic rings. The van der Waals surface area contributed by atoms with Gasteiger partial charge in [0.15, 0.2) is 0 Å². The van der Waals surface area contributed by atoms with E-state index in [0.717, 1.165) is 19.8 Å². The maximum atomic E-state index is 5.28. The van der Waals surface area contributed by atoms with Crippen molar-refractivity contribution in [3.63, 3.8) is 0 Å². The summed E-state index contributed by atoms with van der Waals surface area (Å²) in [5.74, 6) is 0. The summed E-state index contributed by atoms with van der Waals surface area (Å²) >= 11 is 0. The van der Waals surface area contributed by atoms with Crippen LogP contribution in [0.25, 0.3) is 0 Å². The Morgan fingerprint density at radius 1 is 1.29 bits per heavy atom. The first-order valence-electron chi connectivity index (χ1n) is 6.63. The minimum Gasteiger partial charge on any atom is -0.383 e. The van der Waals surface area contributed by atoms with Gasteiger partial charge in [0.2, 0.25) is 0 Å². The molecule has 0 amide bonds. The molecule has 0 aromatic carbocycles. The van der Waals surface area contributed by atoms with Crippen molar-refractivity contribution in [2.75, 3.05) is 41.0 Å². The summed E-state index contributed by atoms with van der Waals surface area (Å²) in [6.45, 7) is 4.84. The zero-order valence-electron chi connectivity index (χ0n) is 11.7. The Balaban J connectivity index is 2.50. The van der Waals surface area contributed by atoms with Crippen molar-refractivity contribution in [3.8, 4) is 0 Å². The summed E-state index contributed by atoms with van der Waals surface area (Å²) in [6.07, 6.45) is 3.81. The molecule has 3 unspecified atom stereocenters. The molecule has 0 aromatic heterocycles. The van der Waals surface area contributed by atoms with Gasteiger partial charge in [-0.3, -0.25) is 4.90 Å². The minimum atomic E-state index is 0.468. The smallest absolute Gasteiger partial charge is 0.0615 e. The van der Waals surface area contributed by atoms with Gasteiger partial charge in [-0.15, -0.1) is 0 Å². The van der Waals surface area contributed by atoms with E-state index < -0.39 is 0 Å². The fourth-order valence-corrected chi connectivity index (χ4v) is 2.82. The third-order valence-electron chi connectivity index (χ3n) is 3.81. The van der Waals surface area contributed by atoms with Crippen molar-refractivity contribution < 1.29 is 9.47 Å². The van der Waals surface area contributed by atoms with E-state index in [9.17, 15) is 0 Å². The molecule has 1 rings (SSSR count). The summed E-state index contributed by atoms with van der Waals surface area (Å²) in [6, 6.07) is 1.82. The van der Waals surface area contributed by atoms with Crippen LogP contribution in [-0.2, 0) is 9.47 Å². The van der Waals surface area contributed by atoms with Gasteiger partial charge >= 0.3 is 0 Å². The molecule has 3 atom stereocenters. The van der Waals surface area contributed by atoms with Crippen molar-refractivity contribution in [1.29, 1.82) is 0 Å². The Kier molecular flexibility index (Phi) is 7.04. The van der Waals surface area contributed by atoms with E-state index in [2.05, 4.69) is 24.2 Å². The Hall–Kier alpha value is -0.160. The molecule has 0 radical (unpaired) electrons. The van der Waals surface area contributed by atoms with Gasteiger partial charge in [0.1, 0.15) is 0 Å². The van der Waals surface area contributed by atoms with E-state index in [1.807, 2.05) is 0 Å². The highest BCUT2D eigenvalue weighted by Gasteiger charge is 2.30. The normalized spacial score (nSPS) is 26.6. The van der Waals surface area contributed by atoms with Crippen LogP contribution < -0.4 is 5.32 Å². The predicted molar refractivity (Wildman–Crippen MR) is 70.4 cm³/mol. The van der Waals surface area contributed by atoms with E-state index in [1.165, 1.54) is 19.3 Å². The lowest BCUT2D eigenvalue weighted by Gasteiger charge is -2.34. The Morgan fingerprint density at radius 2 is 2.06 bits per heavy atom. The monoisotopic (exact) mass is 244 g/mol. The molecule has 1 N–H and O–H groups in total. The van der Waals surface area contributed by atoms with Gasteiger partial charge in [-0.1, -0.05) is 0 Å². The highest BCUT2D eigenvalue weighted by Crippen LogP contribution is 2.25. The van der Waals surface area contributed by atoms with Crippen LogP contribution in [0.3, 0.4) is 0 Å². The van der Waals surface area contributed by atoms with Crippen LogP contribution in [0.2, 0.25) is 0 Å². The number of methoxy groups -OCH3 is 2. The van der Waals surface area contributed by atoms with E-state index in [0.29, 0.717) is 18.1 Å². The van der Waals surface area contributed by atoms with Crippen molar-refractivity contribution in [3.05, 3.63) is 0 Å². The van der Waals surface area contributed by atoms with Gasteiger partial charge in [-0.2, -0.15) is 0 Å². The molecule has 1 saturated carbocycles. The van der Waals surface area contributed by atoms with Gasteiger partial charge < -0.3 is 14.8 Å². The van der Waals surface area contributed by atoms with E-state index in [-0.39, 0.29) is 0 Å². The number of nitrogens with zero attached hydrogens (tertiary/aromatic N) is 1. The van der Waals surface area contributed by atoms with Crippen LogP contribution in [0.1, 0.15) is 26.2 Å². The first-order valence-corrected chi connectivity index (χ1v) is 6.63. The van der Waals surface area contributed by atoms with E-state index >= 15 is 0 Å². The number of rotatable bonds is 8. The summed E-state index contributed by atoms with van der Waals surface area (Å²) in [4.78, 5) is 2.55. The molecular formula is C13H28N2O2. The average Bonchev–Trinajstić information content (AvgIpc) is 2.78. The molecule has 17 heavy (non-hydrogen) atoms. The standard InChI is InChI=1S/C13H28N2O2/c1-11(10-17-4)15(7-8-16-3)13-6-5-12(9-13)14-2/h11-14H,5-10H2,1-4H3. The average molecular weight is 244 g/mol. The molecule has 0 saturated heterocycles. The van der Waals surface area contributed by atoms with Crippen LogP contribution in [-0.4, -0.2) is 64.1 Å². The SMILES string of the molecule is CNC1CCC(N(CCOC)C(C)COC)C1. The molecule has 4 heteroatoms. The summed E-state index contributed by atoms with van der Waals surface area (Å²) in [7, 11) is 5.60. The summed E-state index contributed by atoms with van der Waals surface area (Å²) in [5.41, 5.74) is 0. The molecule has 1 aliphatic rings. The van der Waals surface area contributed by atoms with Crippen LogP contribution in [0.4, 0.5) is 0 Å². The van der Waals surface area contributed by atoms with Crippen LogP contribution >= 0.6 is 0 Å². The van der Waals surface area contributed by atoms with Gasteiger partial charge in [0.25, 0.3) is 0 Å². The quantitative estimate of drug-likeness (QED) is 0.693. The third-order valence-corrected chi connectivity index (χ3v) is 3.81. The Labute approximate surface area is 106 Å². The lowest BCUT2D eigenvalue weighted by molar-refractivity contribution is 0.0480. The largest absolute Gasteiger partial charge is 0.383 e. The molecule has 0 spiro atoms. The lowest BCUT2D eigenvalue weighted by Crippen LogP contribution is -2.45. The molecule has 0 aliphatic heterocycles.